The molecule has 0 bridgehead atoms. The van der Waals surface area contributed by atoms with E-state index in [-0.39, 0.29) is 29.6 Å². The fourth-order valence-corrected chi connectivity index (χ4v) is 3.88. The number of ether oxygens (including phenoxy) is 2. The highest BCUT2D eigenvalue weighted by Gasteiger charge is 2.23. The van der Waals surface area contributed by atoms with Crippen LogP contribution in [0.15, 0.2) is 38.8 Å². The number of nitrogens with zero attached hydrogens (tertiary/aromatic N) is 2. The van der Waals surface area contributed by atoms with Crippen molar-refractivity contribution in [2.45, 2.75) is 24.8 Å². The second-order valence-electron chi connectivity index (χ2n) is 7.19. The number of aromatic nitrogens is 2. The van der Waals surface area contributed by atoms with Crippen molar-refractivity contribution in [2.75, 3.05) is 38.4 Å². The van der Waals surface area contributed by atoms with E-state index >= 15 is 0 Å². The average molecular weight is 493 g/mol. The van der Waals surface area contributed by atoms with Crippen LogP contribution >= 0.6 is 11.8 Å². The maximum Gasteiger partial charge on any atom is 0.339 e. The largest absolute Gasteiger partial charge is 0.454 e. The molecule has 11 nitrogen and oxygen atoms in total. The molecule has 34 heavy (non-hydrogen) atoms. The van der Waals surface area contributed by atoms with Gasteiger partial charge < -0.3 is 20.5 Å². The highest BCUT2D eigenvalue weighted by molar-refractivity contribution is 8.00. The van der Waals surface area contributed by atoms with Crippen LogP contribution in [0.4, 0.5) is 5.82 Å². The Bertz CT molecular complexity index is 1170. The van der Waals surface area contributed by atoms with Gasteiger partial charge in [0.2, 0.25) is 11.7 Å². The number of rotatable bonds is 12. The minimum absolute atomic E-state index is 0.0679. The molecule has 0 spiro atoms. The molecule has 0 unspecified atom stereocenters. The van der Waals surface area contributed by atoms with Crippen LogP contribution in [0.3, 0.4) is 0 Å². The maximum atomic E-state index is 12.7. The van der Waals surface area contributed by atoms with Crippen molar-refractivity contribution >= 4 is 35.2 Å². The maximum absolute atomic E-state index is 12.7. The first-order valence-corrected chi connectivity index (χ1v) is 11.5. The predicted molar refractivity (Wildman–Crippen MR) is 127 cm³/mol. The van der Waals surface area contributed by atoms with E-state index in [1.807, 2.05) is 6.92 Å². The minimum Gasteiger partial charge on any atom is -0.454 e. The molecular formula is C22H28N4O7S. The minimum atomic E-state index is -0.855. The first-order valence-electron chi connectivity index (χ1n) is 10.5. The summed E-state index contributed by atoms with van der Waals surface area (Å²) in [6, 6.07) is 6.48. The Hall–Kier alpha value is -3.38. The molecule has 0 aliphatic heterocycles. The van der Waals surface area contributed by atoms with Gasteiger partial charge in [-0.05, 0) is 18.6 Å². The first kappa shape index (κ1) is 26.9. The van der Waals surface area contributed by atoms with E-state index in [1.54, 1.807) is 18.2 Å². The van der Waals surface area contributed by atoms with Gasteiger partial charge in [0.05, 0.1) is 17.9 Å². The molecule has 1 heterocycles. The number of carbonyl (C=O) groups is 3. The van der Waals surface area contributed by atoms with Crippen molar-refractivity contribution in [2.24, 2.45) is 7.05 Å². The Balaban J connectivity index is 2.13. The topological polar surface area (TPSA) is 152 Å². The lowest BCUT2D eigenvalue weighted by Crippen LogP contribution is -2.43. The molecule has 0 saturated heterocycles. The molecule has 2 rings (SSSR count). The standard InChI is InChI=1S/C22H28N4O7S/c1-4-10-26-19(23)18(20(29)25(2)22(26)31)15(27)12-33-21(30)14-7-5-6-8-16(14)34-13-17(28)24-9-11-32-3/h5-8H,4,9-13,23H2,1-3H3,(H,24,28). The molecule has 0 radical (unpaired) electrons. The summed E-state index contributed by atoms with van der Waals surface area (Å²) in [5.74, 6) is -2.04. The zero-order chi connectivity index (χ0) is 25.3. The van der Waals surface area contributed by atoms with Gasteiger partial charge in [0, 0.05) is 32.1 Å². The third kappa shape index (κ3) is 6.58. The zero-order valence-corrected chi connectivity index (χ0v) is 20.1. The summed E-state index contributed by atoms with van der Waals surface area (Å²) in [5, 5.41) is 2.68. The molecule has 2 aromatic rings. The lowest BCUT2D eigenvalue weighted by atomic mass is 10.2. The molecule has 0 aliphatic carbocycles. The second-order valence-corrected chi connectivity index (χ2v) is 8.20. The number of amides is 1. The Morgan fingerprint density at radius 2 is 1.88 bits per heavy atom. The Labute approximate surface area is 200 Å². The third-order valence-electron chi connectivity index (χ3n) is 4.74. The number of nitrogen functional groups attached to an aromatic ring is 1. The summed E-state index contributed by atoms with van der Waals surface area (Å²) in [7, 11) is 2.78. The van der Waals surface area contributed by atoms with Gasteiger partial charge in [0.15, 0.2) is 6.61 Å². The molecule has 12 heteroatoms. The van der Waals surface area contributed by atoms with Gasteiger partial charge in [0.1, 0.15) is 11.4 Å². The molecule has 3 N–H and O–H groups in total. The zero-order valence-electron chi connectivity index (χ0n) is 19.3. The molecule has 0 fully saturated rings. The van der Waals surface area contributed by atoms with Crippen LogP contribution in [-0.2, 0) is 27.9 Å². The number of anilines is 1. The summed E-state index contributed by atoms with van der Waals surface area (Å²) >= 11 is 1.14. The van der Waals surface area contributed by atoms with E-state index in [0.717, 1.165) is 20.9 Å². The normalized spacial score (nSPS) is 10.7. The summed E-state index contributed by atoms with van der Waals surface area (Å²) in [4.78, 5) is 62.5. The van der Waals surface area contributed by atoms with E-state index in [4.69, 9.17) is 15.2 Å². The van der Waals surface area contributed by atoms with Crippen molar-refractivity contribution in [1.29, 1.82) is 0 Å². The summed E-state index contributed by atoms with van der Waals surface area (Å²) in [6.07, 6.45) is 0.559. The highest BCUT2D eigenvalue weighted by Crippen LogP contribution is 2.23. The van der Waals surface area contributed by atoms with Crippen LogP contribution in [0.5, 0.6) is 0 Å². The number of methoxy groups -OCH3 is 1. The van der Waals surface area contributed by atoms with Crippen molar-refractivity contribution in [3.8, 4) is 0 Å². The van der Waals surface area contributed by atoms with Crippen LogP contribution in [-0.4, -0.2) is 59.4 Å². The van der Waals surface area contributed by atoms with Crippen molar-refractivity contribution in [3.63, 3.8) is 0 Å². The van der Waals surface area contributed by atoms with Crippen LogP contribution in [0, 0.1) is 0 Å². The Morgan fingerprint density at radius 1 is 1.18 bits per heavy atom. The number of hydrogen-bond acceptors (Lipinski definition) is 9. The van der Waals surface area contributed by atoms with Gasteiger partial charge >= 0.3 is 11.7 Å². The van der Waals surface area contributed by atoms with Crippen molar-refractivity contribution in [1.82, 2.24) is 14.5 Å². The summed E-state index contributed by atoms with van der Waals surface area (Å²) in [5.41, 5.74) is 4.21. The number of nitrogens with one attached hydrogen (secondary N) is 1. The van der Waals surface area contributed by atoms with E-state index in [1.165, 1.54) is 20.2 Å². The number of hydrogen-bond donors (Lipinski definition) is 2. The smallest absolute Gasteiger partial charge is 0.339 e. The second kappa shape index (κ2) is 12.8. The van der Waals surface area contributed by atoms with Gasteiger partial charge in [0.25, 0.3) is 5.56 Å². The predicted octanol–water partition coefficient (Wildman–Crippen LogP) is 0.434. The number of esters is 1. The summed E-state index contributed by atoms with van der Waals surface area (Å²) < 4.78 is 12.0. The molecule has 184 valence electrons. The lowest BCUT2D eigenvalue weighted by molar-refractivity contribution is -0.118. The average Bonchev–Trinajstić information content (AvgIpc) is 2.83. The van der Waals surface area contributed by atoms with Gasteiger partial charge in [-0.3, -0.25) is 23.5 Å². The van der Waals surface area contributed by atoms with Gasteiger partial charge in [-0.2, -0.15) is 0 Å². The molecule has 0 atom stereocenters. The van der Waals surface area contributed by atoms with E-state index < -0.39 is 35.2 Å². The molecule has 0 aliphatic rings. The number of ketones is 1. The number of benzene rings is 1. The SMILES string of the molecule is CCCn1c(N)c(C(=O)COC(=O)c2ccccc2SCC(=O)NCCOC)c(=O)n(C)c1=O. The van der Waals surface area contributed by atoms with E-state index in [2.05, 4.69) is 5.32 Å². The summed E-state index contributed by atoms with van der Waals surface area (Å²) in [6.45, 7) is 2.06. The number of thioether (sulfide) groups is 1. The lowest BCUT2D eigenvalue weighted by Gasteiger charge is -2.14. The monoisotopic (exact) mass is 492 g/mol. The van der Waals surface area contributed by atoms with Crippen LogP contribution < -0.4 is 22.3 Å². The van der Waals surface area contributed by atoms with Crippen LogP contribution in [0.25, 0.3) is 0 Å². The first-order chi connectivity index (χ1) is 16.2. The van der Waals surface area contributed by atoms with Crippen LogP contribution in [0.1, 0.15) is 34.1 Å². The quantitative estimate of drug-likeness (QED) is 0.186. The molecular weight excluding hydrogens is 464 g/mol. The molecule has 0 saturated carbocycles. The van der Waals surface area contributed by atoms with Gasteiger partial charge in [-0.25, -0.2) is 9.59 Å². The fraction of sp³-hybridized carbons (Fsp3) is 0.409. The number of carbonyl (C=O) groups excluding carboxylic acids is 3. The number of Topliss-reactive ketones (excluding diaryl/α,β-unsaturated/α-hetero) is 1. The van der Waals surface area contributed by atoms with Gasteiger partial charge in [-0.15, -0.1) is 11.8 Å². The molecule has 1 aromatic heterocycles. The van der Waals surface area contributed by atoms with Crippen molar-refractivity contribution in [3.05, 3.63) is 56.2 Å². The highest BCUT2D eigenvalue weighted by atomic mass is 32.2. The van der Waals surface area contributed by atoms with E-state index in [9.17, 15) is 24.0 Å². The number of nitrogens with two attached hydrogens (primary N) is 1. The van der Waals surface area contributed by atoms with Crippen LogP contribution in [0.2, 0.25) is 0 Å². The fourth-order valence-electron chi connectivity index (χ4n) is 3.01. The van der Waals surface area contributed by atoms with Crippen molar-refractivity contribution < 1.29 is 23.9 Å². The Kier molecular flexibility index (Phi) is 10.1. The molecule has 1 aromatic carbocycles. The van der Waals surface area contributed by atoms with Gasteiger partial charge in [-0.1, -0.05) is 19.1 Å². The van der Waals surface area contributed by atoms with E-state index in [0.29, 0.717) is 24.5 Å². The Morgan fingerprint density at radius 3 is 2.56 bits per heavy atom. The third-order valence-corrected chi connectivity index (χ3v) is 5.81. The molecule has 1 amide bonds.